The van der Waals surface area contributed by atoms with Gasteiger partial charge in [-0.05, 0) is 56.0 Å². The van der Waals surface area contributed by atoms with E-state index in [1.807, 2.05) is 0 Å². The van der Waals surface area contributed by atoms with Gasteiger partial charge in [0.2, 0.25) is 0 Å². The molecule has 3 heteroatoms. The van der Waals surface area contributed by atoms with E-state index in [9.17, 15) is 4.39 Å². The van der Waals surface area contributed by atoms with Crippen molar-refractivity contribution >= 4 is 0 Å². The van der Waals surface area contributed by atoms with E-state index in [4.69, 9.17) is 4.74 Å². The monoisotopic (exact) mass is 279 g/mol. The molecule has 0 fully saturated rings. The molecule has 0 spiro atoms. The number of ether oxygens (including phenoxy) is 1. The molecular weight excluding hydrogens is 253 g/mol. The molecule has 20 heavy (non-hydrogen) atoms. The molecule has 1 N–H and O–H groups in total. The lowest BCUT2D eigenvalue weighted by Gasteiger charge is -2.24. The van der Waals surface area contributed by atoms with Crippen LogP contribution in [0.2, 0.25) is 0 Å². The SMILES string of the molecule is CCCNCC(CC1Cc2cc(F)ccc2O1)C(C)C. The quantitative estimate of drug-likeness (QED) is 0.767. The lowest BCUT2D eigenvalue weighted by molar-refractivity contribution is 0.173. The van der Waals surface area contributed by atoms with Crippen LogP contribution in [-0.2, 0) is 6.42 Å². The summed E-state index contributed by atoms with van der Waals surface area (Å²) in [5.74, 6) is 1.92. The summed E-state index contributed by atoms with van der Waals surface area (Å²) < 4.78 is 19.2. The first kappa shape index (κ1) is 15.3. The Labute approximate surface area is 121 Å². The molecule has 1 aliphatic heterocycles. The molecule has 1 aromatic rings. The van der Waals surface area contributed by atoms with E-state index in [0.717, 1.165) is 43.7 Å². The molecule has 0 amide bonds. The molecule has 2 unspecified atom stereocenters. The fraction of sp³-hybridized carbons (Fsp3) is 0.647. The fourth-order valence-electron chi connectivity index (χ4n) is 2.81. The van der Waals surface area contributed by atoms with Crippen LogP contribution in [0.5, 0.6) is 5.75 Å². The number of fused-ring (bicyclic) bond motifs is 1. The largest absolute Gasteiger partial charge is 0.490 e. The maximum absolute atomic E-state index is 13.2. The normalized spacial score (nSPS) is 18.9. The van der Waals surface area contributed by atoms with Crippen molar-refractivity contribution in [3.8, 4) is 5.75 Å². The first-order valence-corrected chi connectivity index (χ1v) is 7.76. The molecule has 2 nitrogen and oxygen atoms in total. The topological polar surface area (TPSA) is 21.3 Å². The van der Waals surface area contributed by atoms with E-state index in [1.165, 1.54) is 6.07 Å². The van der Waals surface area contributed by atoms with Crippen LogP contribution in [0.15, 0.2) is 18.2 Å². The minimum Gasteiger partial charge on any atom is -0.490 e. The van der Waals surface area contributed by atoms with Gasteiger partial charge in [-0.1, -0.05) is 20.8 Å². The number of halogens is 1. The van der Waals surface area contributed by atoms with E-state index in [2.05, 4.69) is 26.1 Å². The summed E-state index contributed by atoms with van der Waals surface area (Å²) in [6.07, 6.45) is 3.23. The van der Waals surface area contributed by atoms with Gasteiger partial charge in [-0.3, -0.25) is 0 Å². The molecule has 0 aromatic heterocycles. The third-order valence-electron chi connectivity index (χ3n) is 4.11. The third kappa shape index (κ3) is 3.95. The lowest BCUT2D eigenvalue weighted by atomic mass is 9.89. The third-order valence-corrected chi connectivity index (χ3v) is 4.11. The number of hydrogen-bond acceptors (Lipinski definition) is 2. The number of rotatable bonds is 7. The molecule has 2 rings (SSSR count). The molecule has 0 aliphatic carbocycles. The van der Waals surface area contributed by atoms with Crippen LogP contribution < -0.4 is 10.1 Å². The Morgan fingerprint density at radius 3 is 2.90 bits per heavy atom. The van der Waals surface area contributed by atoms with E-state index in [1.54, 1.807) is 12.1 Å². The van der Waals surface area contributed by atoms with Gasteiger partial charge in [-0.15, -0.1) is 0 Å². The van der Waals surface area contributed by atoms with Crippen LogP contribution >= 0.6 is 0 Å². The van der Waals surface area contributed by atoms with Crippen LogP contribution in [0.3, 0.4) is 0 Å². The molecule has 0 saturated heterocycles. The molecular formula is C17H26FNO. The molecule has 1 heterocycles. The Kier molecular flexibility index (Phi) is 5.41. The van der Waals surface area contributed by atoms with Crippen molar-refractivity contribution in [2.24, 2.45) is 11.8 Å². The Hall–Kier alpha value is -1.09. The van der Waals surface area contributed by atoms with Gasteiger partial charge < -0.3 is 10.1 Å². The van der Waals surface area contributed by atoms with Crippen LogP contribution in [-0.4, -0.2) is 19.2 Å². The van der Waals surface area contributed by atoms with Gasteiger partial charge in [0.1, 0.15) is 17.7 Å². The van der Waals surface area contributed by atoms with Crippen molar-refractivity contribution in [2.45, 2.75) is 46.1 Å². The summed E-state index contributed by atoms with van der Waals surface area (Å²) in [5.41, 5.74) is 1.01. The zero-order valence-corrected chi connectivity index (χ0v) is 12.8. The first-order valence-electron chi connectivity index (χ1n) is 7.76. The van der Waals surface area contributed by atoms with Gasteiger partial charge in [0.05, 0.1) is 0 Å². The Balaban J connectivity index is 1.89. The smallest absolute Gasteiger partial charge is 0.123 e. The minimum atomic E-state index is -0.168. The highest BCUT2D eigenvalue weighted by atomic mass is 19.1. The van der Waals surface area contributed by atoms with Gasteiger partial charge in [-0.2, -0.15) is 0 Å². The highest BCUT2D eigenvalue weighted by Crippen LogP contribution is 2.32. The van der Waals surface area contributed by atoms with Crippen molar-refractivity contribution in [3.05, 3.63) is 29.6 Å². The standard InChI is InChI=1S/C17H26FNO/c1-4-7-19-11-14(12(2)3)10-16-9-13-8-15(18)5-6-17(13)20-16/h5-6,8,12,14,16,19H,4,7,9-11H2,1-3H3. The summed E-state index contributed by atoms with van der Waals surface area (Å²) in [6.45, 7) is 8.82. The predicted molar refractivity (Wildman–Crippen MR) is 80.6 cm³/mol. The number of nitrogens with one attached hydrogen (secondary N) is 1. The Bertz CT molecular complexity index is 433. The molecule has 2 atom stereocenters. The van der Waals surface area contributed by atoms with Gasteiger partial charge in [-0.25, -0.2) is 4.39 Å². The number of hydrogen-bond donors (Lipinski definition) is 1. The van der Waals surface area contributed by atoms with Gasteiger partial charge in [0, 0.05) is 12.0 Å². The maximum Gasteiger partial charge on any atom is 0.123 e. The lowest BCUT2D eigenvalue weighted by Crippen LogP contribution is -2.31. The zero-order valence-electron chi connectivity index (χ0n) is 12.8. The zero-order chi connectivity index (χ0) is 14.5. The second kappa shape index (κ2) is 7.07. The van der Waals surface area contributed by atoms with Crippen LogP contribution in [0.25, 0.3) is 0 Å². The molecule has 0 radical (unpaired) electrons. The molecule has 1 aliphatic rings. The highest BCUT2D eigenvalue weighted by molar-refractivity contribution is 5.37. The van der Waals surface area contributed by atoms with Crippen molar-refractivity contribution in [2.75, 3.05) is 13.1 Å². The first-order chi connectivity index (χ1) is 9.60. The summed E-state index contributed by atoms with van der Waals surface area (Å²) in [4.78, 5) is 0. The highest BCUT2D eigenvalue weighted by Gasteiger charge is 2.27. The second-order valence-electron chi connectivity index (χ2n) is 6.14. The van der Waals surface area contributed by atoms with Gasteiger partial charge in [0.15, 0.2) is 0 Å². The van der Waals surface area contributed by atoms with Crippen molar-refractivity contribution in [1.82, 2.24) is 5.32 Å². The van der Waals surface area contributed by atoms with E-state index in [-0.39, 0.29) is 11.9 Å². The molecule has 0 bridgehead atoms. The average molecular weight is 279 g/mol. The fourth-order valence-corrected chi connectivity index (χ4v) is 2.81. The maximum atomic E-state index is 13.2. The van der Waals surface area contributed by atoms with Crippen LogP contribution in [0.4, 0.5) is 4.39 Å². The minimum absolute atomic E-state index is 0.168. The van der Waals surface area contributed by atoms with Gasteiger partial charge in [0.25, 0.3) is 0 Å². The summed E-state index contributed by atoms with van der Waals surface area (Å²) in [5, 5.41) is 3.51. The van der Waals surface area contributed by atoms with E-state index < -0.39 is 0 Å². The second-order valence-corrected chi connectivity index (χ2v) is 6.14. The molecule has 0 saturated carbocycles. The van der Waals surface area contributed by atoms with Crippen molar-refractivity contribution in [3.63, 3.8) is 0 Å². The molecule has 1 aromatic carbocycles. The van der Waals surface area contributed by atoms with E-state index >= 15 is 0 Å². The summed E-state index contributed by atoms with van der Waals surface area (Å²) in [7, 11) is 0. The Morgan fingerprint density at radius 2 is 2.20 bits per heavy atom. The van der Waals surface area contributed by atoms with Crippen LogP contribution in [0.1, 0.15) is 39.2 Å². The van der Waals surface area contributed by atoms with Crippen LogP contribution in [0, 0.1) is 17.7 Å². The average Bonchev–Trinajstić information content (AvgIpc) is 2.79. The van der Waals surface area contributed by atoms with Crippen molar-refractivity contribution < 1.29 is 9.13 Å². The summed E-state index contributed by atoms with van der Waals surface area (Å²) >= 11 is 0. The predicted octanol–water partition coefficient (Wildman–Crippen LogP) is 3.79. The van der Waals surface area contributed by atoms with Crippen molar-refractivity contribution in [1.29, 1.82) is 0 Å². The molecule has 112 valence electrons. The van der Waals surface area contributed by atoms with E-state index in [0.29, 0.717) is 11.8 Å². The Morgan fingerprint density at radius 1 is 1.40 bits per heavy atom. The number of benzene rings is 1. The summed E-state index contributed by atoms with van der Waals surface area (Å²) in [6, 6.07) is 4.84. The van der Waals surface area contributed by atoms with Gasteiger partial charge >= 0.3 is 0 Å².